The molecule has 0 radical (unpaired) electrons. The number of aromatic carboxylic acids is 1. The molecule has 2 aromatic rings. The van der Waals surface area contributed by atoms with Crippen LogP contribution < -0.4 is 5.32 Å². The van der Waals surface area contributed by atoms with Crippen molar-refractivity contribution in [2.24, 2.45) is 5.92 Å². The number of nitrogens with one attached hydrogen (secondary N) is 1. The van der Waals surface area contributed by atoms with Crippen LogP contribution in [0.4, 0.5) is 10.1 Å². The lowest BCUT2D eigenvalue weighted by Gasteiger charge is -2.44. The van der Waals surface area contributed by atoms with Crippen LogP contribution >= 0.6 is 0 Å². The predicted molar refractivity (Wildman–Crippen MR) is 95.6 cm³/mol. The first-order valence-electron chi connectivity index (χ1n) is 8.94. The van der Waals surface area contributed by atoms with Gasteiger partial charge < -0.3 is 10.4 Å². The first-order valence-corrected chi connectivity index (χ1v) is 8.94. The Labute approximate surface area is 146 Å². The Morgan fingerprint density at radius 1 is 1.12 bits per heavy atom. The summed E-state index contributed by atoms with van der Waals surface area (Å²) in [7, 11) is 0. The minimum absolute atomic E-state index is 0.00622. The van der Waals surface area contributed by atoms with Gasteiger partial charge in [0.2, 0.25) is 0 Å². The molecule has 0 unspecified atom stereocenters. The van der Waals surface area contributed by atoms with Crippen molar-refractivity contribution in [3.8, 4) is 0 Å². The van der Waals surface area contributed by atoms with Crippen LogP contribution in [0.5, 0.6) is 0 Å². The third kappa shape index (κ3) is 2.80. The van der Waals surface area contributed by atoms with E-state index in [0.717, 1.165) is 31.0 Å². The van der Waals surface area contributed by atoms with Gasteiger partial charge in [-0.3, -0.25) is 0 Å². The highest BCUT2D eigenvalue weighted by atomic mass is 19.1. The second-order valence-electron chi connectivity index (χ2n) is 7.31. The summed E-state index contributed by atoms with van der Waals surface area (Å²) < 4.78 is 14.7. The van der Waals surface area contributed by atoms with Crippen molar-refractivity contribution in [2.75, 3.05) is 5.32 Å². The maximum Gasteiger partial charge on any atom is 0.335 e. The molecule has 130 valence electrons. The van der Waals surface area contributed by atoms with Crippen LogP contribution in [0, 0.1) is 18.7 Å². The number of anilines is 1. The van der Waals surface area contributed by atoms with E-state index >= 15 is 0 Å². The Morgan fingerprint density at radius 3 is 2.68 bits per heavy atom. The second-order valence-corrected chi connectivity index (χ2v) is 7.31. The second kappa shape index (κ2) is 6.17. The summed E-state index contributed by atoms with van der Waals surface area (Å²) >= 11 is 0. The molecule has 2 aromatic carbocycles. The fraction of sp³-hybridized carbons (Fsp3) is 0.381. The van der Waals surface area contributed by atoms with Crippen LogP contribution in [0.1, 0.15) is 64.7 Å². The minimum Gasteiger partial charge on any atom is -0.478 e. The predicted octanol–water partition coefficient (Wildman–Crippen LogP) is 5.27. The van der Waals surface area contributed by atoms with Crippen LogP contribution in [0.2, 0.25) is 0 Å². The molecule has 0 bridgehead atoms. The van der Waals surface area contributed by atoms with Gasteiger partial charge in [-0.25, -0.2) is 9.18 Å². The number of carboxylic acids is 1. The van der Waals surface area contributed by atoms with Gasteiger partial charge in [-0.05, 0) is 55.4 Å². The number of halogens is 1. The van der Waals surface area contributed by atoms with E-state index in [1.54, 1.807) is 6.07 Å². The molecule has 1 fully saturated rings. The maximum atomic E-state index is 14.7. The van der Waals surface area contributed by atoms with Crippen molar-refractivity contribution in [1.29, 1.82) is 0 Å². The molecule has 1 heterocycles. The van der Waals surface area contributed by atoms with E-state index in [9.17, 15) is 9.18 Å². The largest absolute Gasteiger partial charge is 0.478 e. The molecular weight excluding hydrogens is 317 g/mol. The van der Waals surface area contributed by atoms with Crippen molar-refractivity contribution in [3.63, 3.8) is 0 Å². The van der Waals surface area contributed by atoms with E-state index in [1.165, 1.54) is 23.6 Å². The molecule has 1 aliphatic carbocycles. The lowest BCUT2D eigenvalue weighted by molar-refractivity contribution is 0.0696. The standard InChI is InChI=1S/C21H22FNO2/c1-12-6-9-19-17(10-12)14-4-2-3-5-15(14)20(23-19)16-8-7-13(21(24)25)11-18(16)22/h6-11,14-15,20,23H,2-5H2,1H3,(H,24,25)/t14-,15+,20+/m1/s1. The van der Waals surface area contributed by atoms with E-state index in [2.05, 4.69) is 30.4 Å². The Kier molecular flexibility index (Phi) is 3.98. The monoisotopic (exact) mass is 339 g/mol. The Bertz CT molecular complexity index is 833. The SMILES string of the molecule is Cc1ccc2c(c1)[C@@H]1CCCC[C@@H]1[C@@H](c1ccc(C(=O)O)cc1F)N2. The Morgan fingerprint density at radius 2 is 1.92 bits per heavy atom. The van der Waals surface area contributed by atoms with E-state index in [-0.39, 0.29) is 11.6 Å². The van der Waals surface area contributed by atoms with E-state index < -0.39 is 11.8 Å². The number of carboxylic acid groups (broad SMARTS) is 1. The first kappa shape index (κ1) is 16.1. The number of hydrogen-bond acceptors (Lipinski definition) is 2. The summed E-state index contributed by atoms with van der Waals surface area (Å²) in [6, 6.07) is 10.6. The van der Waals surface area contributed by atoms with Crippen LogP contribution in [0.25, 0.3) is 0 Å². The summed E-state index contributed by atoms with van der Waals surface area (Å²) in [5, 5.41) is 12.6. The van der Waals surface area contributed by atoms with Crippen molar-refractivity contribution < 1.29 is 14.3 Å². The molecule has 0 saturated heterocycles. The molecule has 1 aliphatic heterocycles. The molecule has 3 nitrogen and oxygen atoms in total. The van der Waals surface area contributed by atoms with Crippen LogP contribution in [-0.2, 0) is 0 Å². The van der Waals surface area contributed by atoms with E-state index in [4.69, 9.17) is 5.11 Å². The molecule has 2 aliphatic rings. The van der Waals surface area contributed by atoms with Gasteiger partial charge in [0.05, 0.1) is 11.6 Å². The molecule has 3 atom stereocenters. The molecule has 0 amide bonds. The highest BCUT2D eigenvalue weighted by molar-refractivity contribution is 5.87. The van der Waals surface area contributed by atoms with Crippen molar-refractivity contribution in [2.45, 2.75) is 44.6 Å². The Hall–Kier alpha value is -2.36. The van der Waals surface area contributed by atoms with E-state index in [1.807, 2.05) is 0 Å². The van der Waals surface area contributed by atoms with Crippen LogP contribution in [-0.4, -0.2) is 11.1 Å². The van der Waals surface area contributed by atoms with Gasteiger partial charge in [-0.15, -0.1) is 0 Å². The normalized spacial score (nSPS) is 24.8. The molecule has 1 saturated carbocycles. The molecule has 2 N–H and O–H groups in total. The van der Waals surface area contributed by atoms with Crippen molar-refractivity contribution in [3.05, 3.63) is 64.5 Å². The maximum absolute atomic E-state index is 14.7. The van der Waals surface area contributed by atoms with E-state index in [0.29, 0.717) is 17.4 Å². The number of rotatable bonds is 2. The van der Waals surface area contributed by atoms with Gasteiger partial charge in [0.1, 0.15) is 5.82 Å². The Balaban J connectivity index is 1.77. The third-order valence-electron chi connectivity index (χ3n) is 5.75. The number of hydrogen-bond donors (Lipinski definition) is 2. The van der Waals surface area contributed by atoms with Gasteiger partial charge in [0.25, 0.3) is 0 Å². The molecular formula is C21H22FNO2. The zero-order chi connectivity index (χ0) is 17.6. The first-order chi connectivity index (χ1) is 12.0. The quantitative estimate of drug-likeness (QED) is 0.783. The molecule has 4 rings (SSSR count). The molecule has 0 spiro atoms. The van der Waals surface area contributed by atoms with Gasteiger partial charge >= 0.3 is 5.97 Å². The number of benzene rings is 2. The minimum atomic E-state index is -1.10. The van der Waals surface area contributed by atoms with Crippen molar-refractivity contribution in [1.82, 2.24) is 0 Å². The average molecular weight is 339 g/mol. The molecule has 25 heavy (non-hydrogen) atoms. The zero-order valence-corrected chi connectivity index (χ0v) is 14.3. The van der Waals surface area contributed by atoms with Crippen LogP contribution in [0.15, 0.2) is 36.4 Å². The summed E-state index contributed by atoms with van der Waals surface area (Å²) in [6.07, 6.45) is 4.57. The topological polar surface area (TPSA) is 49.3 Å². The molecule has 0 aromatic heterocycles. The molecule has 4 heteroatoms. The summed E-state index contributed by atoms with van der Waals surface area (Å²) in [5.74, 6) is -0.752. The number of fused-ring (bicyclic) bond motifs is 3. The third-order valence-corrected chi connectivity index (χ3v) is 5.75. The summed E-state index contributed by atoms with van der Waals surface area (Å²) in [5.41, 5.74) is 4.26. The highest BCUT2D eigenvalue weighted by Gasteiger charge is 2.39. The number of carbonyl (C=O) groups is 1. The highest BCUT2D eigenvalue weighted by Crippen LogP contribution is 2.51. The van der Waals surface area contributed by atoms with Gasteiger partial charge in [0, 0.05) is 11.3 Å². The fourth-order valence-electron chi connectivity index (χ4n) is 4.56. The lowest BCUT2D eigenvalue weighted by atomic mass is 9.68. The lowest BCUT2D eigenvalue weighted by Crippen LogP contribution is -2.34. The van der Waals surface area contributed by atoms with Crippen molar-refractivity contribution >= 4 is 11.7 Å². The van der Waals surface area contributed by atoms with Gasteiger partial charge in [-0.2, -0.15) is 0 Å². The average Bonchev–Trinajstić information content (AvgIpc) is 2.61. The summed E-state index contributed by atoms with van der Waals surface area (Å²) in [6.45, 7) is 2.11. The van der Waals surface area contributed by atoms with Gasteiger partial charge in [-0.1, -0.05) is 36.6 Å². The zero-order valence-electron chi connectivity index (χ0n) is 14.3. The number of aryl methyl sites for hydroxylation is 1. The van der Waals surface area contributed by atoms with Crippen LogP contribution in [0.3, 0.4) is 0 Å². The fourth-order valence-corrected chi connectivity index (χ4v) is 4.56. The smallest absolute Gasteiger partial charge is 0.335 e. The van der Waals surface area contributed by atoms with Gasteiger partial charge in [0.15, 0.2) is 0 Å². The summed E-state index contributed by atoms with van der Waals surface area (Å²) in [4.78, 5) is 11.1.